The summed E-state index contributed by atoms with van der Waals surface area (Å²) in [7, 11) is 0. The predicted octanol–water partition coefficient (Wildman–Crippen LogP) is 3.61. The first kappa shape index (κ1) is 19.5. The number of hydrogen-bond donors (Lipinski definition) is 3. The van der Waals surface area contributed by atoms with Crippen molar-refractivity contribution in [1.82, 2.24) is 5.43 Å². The number of benzene rings is 2. The molecule has 0 radical (unpaired) electrons. The number of para-hydroxylation sites is 1. The first-order chi connectivity index (χ1) is 12.5. The average Bonchev–Trinajstić information content (AvgIpc) is 2.61. The van der Waals surface area contributed by atoms with Crippen molar-refractivity contribution in [3.8, 4) is 5.75 Å². The van der Waals surface area contributed by atoms with Gasteiger partial charge in [0, 0.05) is 29.1 Å². The number of halogens is 1. The molecule has 0 aliphatic rings. The second kappa shape index (κ2) is 9.58. The lowest BCUT2D eigenvalue weighted by molar-refractivity contribution is -0.121. The van der Waals surface area contributed by atoms with E-state index in [1.165, 1.54) is 12.3 Å². The molecule has 0 aliphatic carbocycles. The number of nitrogens with one attached hydrogen (secondary N) is 2. The van der Waals surface area contributed by atoms with Crippen molar-refractivity contribution >= 4 is 35.3 Å². The van der Waals surface area contributed by atoms with Crippen molar-refractivity contribution in [3.63, 3.8) is 0 Å². The summed E-state index contributed by atoms with van der Waals surface area (Å²) in [5.74, 6) is -0.400. The number of carbonyl (C=O) groups is 2. The molecule has 0 heterocycles. The van der Waals surface area contributed by atoms with E-state index in [1.807, 2.05) is 6.92 Å². The minimum Gasteiger partial charge on any atom is -0.507 e. The van der Waals surface area contributed by atoms with Gasteiger partial charge < -0.3 is 10.4 Å². The Hall–Kier alpha value is -2.86. The quantitative estimate of drug-likeness (QED) is 0.511. The molecule has 26 heavy (non-hydrogen) atoms. The zero-order valence-corrected chi connectivity index (χ0v) is 15.1. The van der Waals surface area contributed by atoms with Gasteiger partial charge in [-0.1, -0.05) is 29.8 Å². The van der Waals surface area contributed by atoms with Crippen LogP contribution in [0.2, 0.25) is 5.02 Å². The lowest BCUT2D eigenvalue weighted by Gasteiger charge is -2.09. The molecule has 7 heteroatoms. The summed E-state index contributed by atoms with van der Waals surface area (Å²) >= 11 is 6.01. The van der Waals surface area contributed by atoms with Gasteiger partial charge in [0.05, 0.1) is 6.21 Å². The van der Waals surface area contributed by atoms with Gasteiger partial charge in [-0.25, -0.2) is 5.43 Å². The van der Waals surface area contributed by atoms with E-state index in [2.05, 4.69) is 15.8 Å². The molecule has 0 atom stereocenters. The Morgan fingerprint density at radius 1 is 1.12 bits per heavy atom. The first-order valence-corrected chi connectivity index (χ1v) is 8.50. The highest BCUT2D eigenvalue weighted by atomic mass is 35.5. The third-order valence-electron chi connectivity index (χ3n) is 3.68. The average molecular weight is 374 g/mol. The zero-order chi connectivity index (χ0) is 18.9. The molecule has 0 saturated carbocycles. The van der Waals surface area contributed by atoms with Crippen LogP contribution in [0.5, 0.6) is 5.75 Å². The lowest BCUT2D eigenvalue weighted by Crippen LogP contribution is -2.18. The Balaban J connectivity index is 1.72. The number of amides is 2. The van der Waals surface area contributed by atoms with E-state index >= 15 is 0 Å². The standard InChI is InChI=1S/C19H20ClN3O3/c1-13-15(20)7-4-8-16(13)22-18(25)10-5-11-19(26)23-21-12-14-6-2-3-9-17(14)24/h2-4,6-9,12,24H,5,10-11H2,1H3,(H,22,25)(H,23,26)/b21-12-. The monoisotopic (exact) mass is 373 g/mol. The third-order valence-corrected chi connectivity index (χ3v) is 4.09. The number of hydrazone groups is 1. The molecule has 2 rings (SSSR count). The van der Waals surface area contributed by atoms with Gasteiger partial charge in [-0.05, 0) is 43.2 Å². The molecule has 2 amide bonds. The summed E-state index contributed by atoms with van der Waals surface area (Å²) in [6, 6.07) is 12.0. The number of nitrogens with zero attached hydrogens (tertiary/aromatic N) is 1. The van der Waals surface area contributed by atoms with Crippen molar-refractivity contribution < 1.29 is 14.7 Å². The van der Waals surface area contributed by atoms with Crippen molar-refractivity contribution in [3.05, 3.63) is 58.6 Å². The largest absolute Gasteiger partial charge is 0.507 e. The Bertz CT molecular complexity index is 821. The SMILES string of the molecule is Cc1c(Cl)cccc1NC(=O)CCCC(=O)N/N=C\c1ccccc1O. The van der Waals surface area contributed by atoms with Crippen LogP contribution in [-0.2, 0) is 9.59 Å². The van der Waals surface area contributed by atoms with Crippen LogP contribution in [0.4, 0.5) is 5.69 Å². The number of phenolic OH excluding ortho intramolecular Hbond substituents is 1. The van der Waals surface area contributed by atoms with E-state index in [9.17, 15) is 14.7 Å². The molecule has 2 aromatic rings. The number of hydrogen-bond acceptors (Lipinski definition) is 4. The van der Waals surface area contributed by atoms with Crippen molar-refractivity contribution in [2.75, 3.05) is 5.32 Å². The molecule has 0 fully saturated rings. The fourth-order valence-corrected chi connectivity index (χ4v) is 2.37. The molecular formula is C19H20ClN3O3. The molecule has 3 N–H and O–H groups in total. The minimum atomic E-state index is -0.302. The van der Waals surface area contributed by atoms with Crippen LogP contribution in [0, 0.1) is 6.92 Å². The number of anilines is 1. The van der Waals surface area contributed by atoms with Gasteiger partial charge in [-0.15, -0.1) is 0 Å². The highest BCUT2D eigenvalue weighted by molar-refractivity contribution is 6.31. The van der Waals surface area contributed by atoms with Gasteiger partial charge in [0.25, 0.3) is 0 Å². The molecule has 2 aromatic carbocycles. The van der Waals surface area contributed by atoms with Crippen molar-refractivity contribution in [1.29, 1.82) is 0 Å². The van der Waals surface area contributed by atoms with E-state index in [0.29, 0.717) is 22.7 Å². The fourth-order valence-electron chi connectivity index (χ4n) is 2.19. The summed E-state index contributed by atoms with van der Waals surface area (Å²) in [6.45, 7) is 1.83. The number of phenols is 1. The maximum absolute atomic E-state index is 12.0. The zero-order valence-electron chi connectivity index (χ0n) is 14.3. The third kappa shape index (κ3) is 5.89. The molecule has 0 saturated heterocycles. The Kier molecular flexibility index (Phi) is 7.17. The van der Waals surface area contributed by atoms with Crippen LogP contribution >= 0.6 is 11.6 Å². The van der Waals surface area contributed by atoms with Gasteiger partial charge in [0.1, 0.15) is 5.75 Å². The summed E-state index contributed by atoms with van der Waals surface area (Å²) in [6.07, 6.45) is 2.13. The van der Waals surface area contributed by atoms with Crippen LogP contribution in [0.25, 0.3) is 0 Å². The second-order valence-corrected chi connectivity index (χ2v) is 6.07. The predicted molar refractivity (Wildman–Crippen MR) is 103 cm³/mol. The van der Waals surface area contributed by atoms with Crippen molar-refractivity contribution in [2.45, 2.75) is 26.2 Å². The normalized spacial score (nSPS) is 10.7. The van der Waals surface area contributed by atoms with Gasteiger partial charge in [-0.3, -0.25) is 9.59 Å². The van der Waals surface area contributed by atoms with E-state index in [4.69, 9.17) is 11.6 Å². The van der Waals surface area contributed by atoms with Crippen LogP contribution in [-0.4, -0.2) is 23.1 Å². The Morgan fingerprint density at radius 3 is 2.62 bits per heavy atom. The molecule has 0 unspecified atom stereocenters. The van der Waals surface area contributed by atoms with Gasteiger partial charge in [0.15, 0.2) is 0 Å². The van der Waals surface area contributed by atoms with Crippen LogP contribution in [0.15, 0.2) is 47.6 Å². The van der Waals surface area contributed by atoms with E-state index < -0.39 is 0 Å². The number of rotatable bonds is 7. The van der Waals surface area contributed by atoms with E-state index in [-0.39, 0.29) is 30.4 Å². The Morgan fingerprint density at radius 2 is 1.85 bits per heavy atom. The topological polar surface area (TPSA) is 90.8 Å². The highest BCUT2D eigenvalue weighted by Crippen LogP contribution is 2.23. The minimum absolute atomic E-state index is 0.0819. The Labute approximate surface area is 156 Å². The van der Waals surface area contributed by atoms with Gasteiger partial charge in [0.2, 0.25) is 11.8 Å². The molecular weight excluding hydrogens is 354 g/mol. The molecule has 0 aromatic heterocycles. The van der Waals surface area contributed by atoms with E-state index in [1.54, 1.807) is 36.4 Å². The van der Waals surface area contributed by atoms with E-state index in [0.717, 1.165) is 5.56 Å². The van der Waals surface area contributed by atoms with Crippen LogP contribution < -0.4 is 10.7 Å². The molecule has 0 aliphatic heterocycles. The number of carbonyl (C=O) groups excluding carboxylic acids is 2. The molecule has 0 bridgehead atoms. The van der Waals surface area contributed by atoms with Gasteiger partial charge in [-0.2, -0.15) is 5.10 Å². The maximum atomic E-state index is 12.0. The molecule has 0 spiro atoms. The summed E-state index contributed by atoms with van der Waals surface area (Å²) in [5, 5.41) is 16.7. The summed E-state index contributed by atoms with van der Waals surface area (Å²) < 4.78 is 0. The van der Waals surface area contributed by atoms with Gasteiger partial charge >= 0.3 is 0 Å². The van der Waals surface area contributed by atoms with Crippen LogP contribution in [0.1, 0.15) is 30.4 Å². The highest BCUT2D eigenvalue weighted by Gasteiger charge is 2.08. The van der Waals surface area contributed by atoms with Crippen LogP contribution in [0.3, 0.4) is 0 Å². The summed E-state index contributed by atoms with van der Waals surface area (Å²) in [4.78, 5) is 23.7. The van der Waals surface area contributed by atoms with Crippen molar-refractivity contribution in [2.24, 2.45) is 5.10 Å². The number of aromatic hydroxyl groups is 1. The first-order valence-electron chi connectivity index (χ1n) is 8.12. The lowest BCUT2D eigenvalue weighted by atomic mass is 10.2. The fraction of sp³-hybridized carbons (Fsp3) is 0.211. The molecule has 136 valence electrons. The maximum Gasteiger partial charge on any atom is 0.240 e. The molecule has 6 nitrogen and oxygen atoms in total. The summed E-state index contributed by atoms with van der Waals surface area (Å²) in [5.41, 5.74) is 4.34. The smallest absolute Gasteiger partial charge is 0.240 e. The second-order valence-electron chi connectivity index (χ2n) is 5.67.